The average Bonchev–Trinajstić information content (AvgIpc) is 2.50. The third kappa shape index (κ3) is 4.45. The van der Waals surface area contributed by atoms with Gasteiger partial charge in [-0.3, -0.25) is 4.79 Å². The number of carbonyl (C=O) groups excluding carboxylic acids is 1. The predicted molar refractivity (Wildman–Crippen MR) is 80.4 cm³/mol. The SMILES string of the molecule is CC(C)(CO)C[C@@H]1CNC(C)(C)[C@H]1C(=O)OC(C)(C)C. The molecular formula is C16H31NO3. The molecule has 0 aromatic carbocycles. The van der Waals surface area contributed by atoms with E-state index in [1.165, 1.54) is 0 Å². The zero-order chi connectivity index (χ0) is 15.8. The molecule has 1 aliphatic rings. The first-order valence-corrected chi connectivity index (χ1v) is 7.47. The van der Waals surface area contributed by atoms with Gasteiger partial charge in [0.1, 0.15) is 5.60 Å². The second-order valence-corrected chi connectivity index (χ2v) is 8.40. The smallest absolute Gasteiger partial charge is 0.311 e. The largest absolute Gasteiger partial charge is 0.460 e. The van der Waals surface area contributed by atoms with Gasteiger partial charge in [-0.2, -0.15) is 0 Å². The van der Waals surface area contributed by atoms with E-state index in [0.717, 1.165) is 13.0 Å². The summed E-state index contributed by atoms with van der Waals surface area (Å²) < 4.78 is 5.59. The molecule has 0 bridgehead atoms. The number of hydrogen-bond acceptors (Lipinski definition) is 4. The van der Waals surface area contributed by atoms with Gasteiger partial charge in [0.05, 0.1) is 5.92 Å². The van der Waals surface area contributed by atoms with Gasteiger partial charge in [0.15, 0.2) is 0 Å². The first-order valence-electron chi connectivity index (χ1n) is 7.47. The Kier molecular flexibility index (Phi) is 4.92. The van der Waals surface area contributed by atoms with Crippen LogP contribution in [0.3, 0.4) is 0 Å². The van der Waals surface area contributed by atoms with Gasteiger partial charge in [0.25, 0.3) is 0 Å². The number of carbonyl (C=O) groups is 1. The zero-order valence-electron chi connectivity index (χ0n) is 14.0. The quantitative estimate of drug-likeness (QED) is 0.779. The number of nitrogens with one attached hydrogen (secondary N) is 1. The molecule has 0 spiro atoms. The first kappa shape index (κ1) is 17.4. The van der Waals surface area contributed by atoms with E-state index in [2.05, 4.69) is 5.32 Å². The second-order valence-electron chi connectivity index (χ2n) is 8.40. The molecule has 0 radical (unpaired) electrons. The molecule has 0 amide bonds. The van der Waals surface area contributed by atoms with Crippen molar-refractivity contribution in [1.29, 1.82) is 0 Å². The van der Waals surface area contributed by atoms with Crippen molar-refractivity contribution in [2.75, 3.05) is 13.2 Å². The van der Waals surface area contributed by atoms with Gasteiger partial charge < -0.3 is 15.2 Å². The lowest BCUT2D eigenvalue weighted by atomic mass is 9.74. The van der Waals surface area contributed by atoms with Gasteiger partial charge in [-0.1, -0.05) is 13.8 Å². The van der Waals surface area contributed by atoms with Gasteiger partial charge in [-0.15, -0.1) is 0 Å². The number of ether oxygens (including phenoxy) is 1. The van der Waals surface area contributed by atoms with E-state index in [0.29, 0.717) is 0 Å². The van der Waals surface area contributed by atoms with Crippen LogP contribution >= 0.6 is 0 Å². The molecule has 0 saturated carbocycles. The summed E-state index contributed by atoms with van der Waals surface area (Å²) >= 11 is 0. The van der Waals surface area contributed by atoms with E-state index in [1.807, 2.05) is 48.5 Å². The summed E-state index contributed by atoms with van der Waals surface area (Å²) in [7, 11) is 0. The van der Waals surface area contributed by atoms with Crippen molar-refractivity contribution < 1.29 is 14.6 Å². The lowest BCUT2D eigenvalue weighted by Gasteiger charge is -2.34. The van der Waals surface area contributed by atoms with Crippen LogP contribution in [0, 0.1) is 17.3 Å². The van der Waals surface area contributed by atoms with Crippen LogP contribution in [0.4, 0.5) is 0 Å². The van der Waals surface area contributed by atoms with Crippen molar-refractivity contribution in [1.82, 2.24) is 5.32 Å². The van der Waals surface area contributed by atoms with Gasteiger partial charge in [0, 0.05) is 12.1 Å². The Morgan fingerprint density at radius 3 is 2.30 bits per heavy atom. The Bertz CT molecular complexity index is 355. The molecule has 4 heteroatoms. The molecule has 0 aromatic heterocycles. The van der Waals surface area contributed by atoms with Crippen LogP contribution in [0.5, 0.6) is 0 Å². The molecule has 0 unspecified atom stereocenters. The van der Waals surface area contributed by atoms with Crippen LogP contribution in [0.15, 0.2) is 0 Å². The number of rotatable bonds is 4. The molecule has 1 aliphatic heterocycles. The van der Waals surface area contributed by atoms with E-state index >= 15 is 0 Å². The summed E-state index contributed by atoms with van der Waals surface area (Å²) in [5, 5.41) is 12.9. The minimum atomic E-state index is -0.465. The molecule has 2 N–H and O–H groups in total. The Labute approximate surface area is 123 Å². The first-order chi connectivity index (χ1) is 8.88. The third-order valence-corrected chi connectivity index (χ3v) is 3.97. The van der Waals surface area contributed by atoms with E-state index < -0.39 is 5.60 Å². The fourth-order valence-corrected chi connectivity index (χ4v) is 3.03. The second kappa shape index (κ2) is 5.64. The fraction of sp³-hybridized carbons (Fsp3) is 0.938. The average molecular weight is 285 g/mol. The monoisotopic (exact) mass is 285 g/mol. The van der Waals surface area contributed by atoms with Crippen LogP contribution in [0.25, 0.3) is 0 Å². The van der Waals surface area contributed by atoms with E-state index in [4.69, 9.17) is 4.74 Å². The maximum atomic E-state index is 12.5. The molecule has 1 fully saturated rings. The summed E-state index contributed by atoms with van der Waals surface area (Å²) in [5.41, 5.74) is -0.904. The summed E-state index contributed by atoms with van der Waals surface area (Å²) in [6, 6.07) is 0. The Hall–Kier alpha value is -0.610. The van der Waals surface area contributed by atoms with Crippen molar-refractivity contribution in [2.24, 2.45) is 17.3 Å². The topological polar surface area (TPSA) is 58.6 Å². The molecule has 4 nitrogen and oxygen atoms in total. The van der Waals surface area contributed by atoms with E-state index in [1.54, 1.807) is 0 Å². The lowest BCUT2D eigenvalue weighted by Crippen LogP contribution is -2.45. The highest BCUT2D eigenvalue weighted by molar-refractivity contribution is 5.75. The Morgan fingerprint density at radius 1 is 1.30 bits per heavy atom. The number of esters is 1. The molecule has 2 atom stereocenters. The molecule has 118 valence electrons. The van der Waals surface area contributed by atoms with Crippen molar-refractivity contribution >= 4 is 5.97 Å². The van der Waals surface area contributed by atoms with Crippen LogP contribution in [-0.4, -0.2) is 35.4 Å². The van der Waals surface area contributed by atoms with E-state index in [-0.39, 0.29) is 35.4 Å². The molecule has 1 saturated heterocycles. The standard InChI is InChI=1S/C16H31NO3/c1-14(2,3)20-13(19)12-11(8-15(4,5)10-18)9-17-16(12,6)7/h11-12,17-18H,8-10H2,1-7H3/t11-,12-/m1/s1. The minimum Gasteiger partial charge on any atom is -0.460 e. The fourth-order valence-electron chi connectivity index (χ4n) is 3.03. The summed E-state index contributed by atoms with van der Waals surface area (Å²) in [6.07, 6.45) is 0.809. The lowest BCUT2D eigenvalue weighted by molar-refractivity contribution is -0.163. The highest BCUT2D eigenvalue weighted by Crippen LogP contribution is 2.39. The summed E-state index contributed by atoms with van der Waals surface area (Å²) in [6.45, 7) is 14.8. The van der Waals surface area contributed by atoms with Gasteiger partial charge in [-0.25, -0.2) is 0 Å². The van der Waals surface area contributed by atoms with Crippen molar-refractivity contribution in [2.45, 2.75) is 66.0 Å². The molecule has 20 heavy (non-hydrogen) atoms. The van der Waals surface area contributed by atoms with E-state index in [9.17, 15) is 9.90 Å². The Morgan fingerprint density at radius 2 is 1.85 bits per heavy atom. The number of aliphatic hydroxyl groups is 1. The highest BCUT2D eigenvalue weighted by Gasteiger charge is 2.49. The van der Waals surface area contributed by atoms with Crippen molar-refractivity contribution in [3.8, 4) is 0 Å². The molecule has 0 aliphatic carbocycles. The zero-order valence-corrected chi connectivity index (χ0v) is 14.0. The molecule has 0 aromatic rings. The summed E-state index contributed by atoms with van der Waals surface area (Å²) in [4.78, 5) is 12.5. The molecular weight excluding hydrogens is 254 g/mol. The minimum absolute atomic E-state index is 0.130. The van der Waals surface area contributed by atoms with Crippen LogP contribution < -0.4 is 5.32 Å². The van der Waals surface area contributed by atoms with Crippen LogP contribution in [0.2, 0.25) is 0 Å². The number of hydrogen-bond donors (Lipinski definition) is 2. The maximum absolute atomic E-state index is 12.5. The van der Waals surface area contributed by atoms with Crippen LogP contribution in [0.1, 0.15) is 54.9 Å². The van der Waals surface area contributed by atoms with Crippen molar-refractivity contribution in [3.05, 3.63) is 0 Å². The number of aliphatic hydroxyl groups excluding tert-OH is 1. The third-order valence-electron chi connectivity index (χ3n) is 3.97. The Balaban J connectivity index is 2.88. The molecule has 1 rings (SSSR count). The highest BCUT2D eigenvalue weighted by atomic mass is 16.6. The summed E-state index contributed by atoms with van der Waals surface area (Å²) in [5.74, 6) is -0.110. The van der Waals surface area contributed by atoms with Crippen LogP contribution in [-0.2, 0) is 9.53 Å². The van der Waals surface area contributed by atoms with Gasteiger partial charge in [0.2, 0.25) is 0 Å². The maximum Gasteiger partial charge on any atom is 0.311 e. The predicted octanol–water partition coefficient (Wildman–Crippen LogP) is 2.35. The van der Waals surface area contributed by atoms with Gasteiger partial charge in [-0.05, 0) is 58.9 Å². The van der Waals surface area contributed by atoms with Crippen molar-refractivity contribution in [3.63, 3.8) is 0 Å². The van der Waals surface area contributed by atoms with Gasteiger partial charge >= 0.3 is 5.97 Å². The molecule has 1 heterocycles. The normalized spacial score (nSPS) is 26.6.